The Labute approximate surface area is 107 Å². The molecule has 0 aliphatic carbocycles. The number of hydrogen-bond acceptors (Lipinski definition) is 6. The van der Waals surface area contributed by atoms with E-state index in [0.717, 1.165) is 0 Å². The molecule has 0 aliphatic heterocycles. The van der Waals surface area contributed by atoms with Crippen LogP contribution in [0.1, 0.15) is 40.5 Å². The molecular weight excluding hydrogens is 240 g/mol. The number of hydrogen-bond donors (Lipinski definition) is 2. The van der Waals surface area contributed by atoms with Crippen LogP contribution in [0.15, 0.2) is 0 Å². The zero-order valence-corrected chi connectivity index (χ0v) is 11.3. The van der Waals surface area contributed by atoms with Gasteiger partial charge in [-0.1, -0.05) is 13.8 Å². The van der Waals surface area contributed by atoms with Crippen molar-refractivity contribution < 1.29 is 29.3 Å². The Morgan fingerprint density at radius 2 is 1.17 bits per heavy atom. The van der Waals surface area contributed by atoms with Crippen LogP contribution >= 0.6 is 0 Å². The predicted molar refractivity (Wildman–Crippen MR) is 63.7 cm³/mol. The standard InChI is InChI=1S/C12H22O6/c1-5-7(3)17-11(15)9(13)10(14)12(16)18-8(4)6-2/h7-10,13-14H,5-6H2,1-4H3. The molecule has 18 heavy (non-hydrogen) atoms. The molecule has 0 amide bonds. The average Bonchev–Trinajstić information content (AvgIpc) is 2.36. The van der Waals surface area contributed by atoms with Gasteiger partial charge in [-0.15, -0.1) is 0 Å². The first kappa shape index (κ1) is 16.9. The molecule has 0 aromatic heterocycles. The molecular formula is C12H22O6. The highest BCUT2D eigenvalue weighted by atomic mass is 16.6. The number of carbonyl (C=O) groups is 2. The Hall–Kier alpha value is -1.14. The van der Waals surface area contributed by atoms with Gasteiger partial charge in [0.05, 0.1) is 12.2 Å². The maximum absolute atomic E-state index is 11.4. The monoisotopic (exact) mass is 262 g/mol. The summed E-state index contributed by atoms with van der Waals surface area (Å²) in [5, 5.41) is 18.9. The Bertz CT molecular complexity index is 250. The van der Waals surface area contributed by atoms with E-state index in [-0.39, 0.29) is 12.2 Å². The van der Waals surface area contributed by atoms with Crippen molar-refractivity contribution in [3.63, 3.8) is 0 Å². The molecule has 4 unspecified atom stereocenters. The van der Waals surface area contributed by atoms with Crippen LogP contribution < -0.4 is 0 Å². The van der Waals surface area contributed by atoms with Crippen LogP contribution in [0.2, 0.25) is 0 Å². The molecule has 0 saturated heterocycles. The van der Waals surface area contributed by atoms with Crippen LogP contribution in [-0.4, -0.2) is 46.6 Å². The summed E-state index contributed by atoms with van der Waals surface area (Å²) in [5.41, 5.74) is 0. The quantitative estimate of drug-likeness (QED) is 0.645. The SMILES string of the molecule is CCC(C)OC(=O)C(O)C(O)C(=O)OC(C)CC. The summed E-state index contributed by atoms with van der Waals surface area (Å²) in [7, 11) is 0. The summed E-state index contributed by atoms with van der Waals surface area (Å²) < 4.78 is 9.61. The van der Waals surface area contributed by atoms with Gasteiger partial charge in [0.2, 0.25) is 0 Å². The Kier molecular flexibility index (Phi) is 7.54. The highest BCUT2D eigenvalue weighted by Crippen LogP contribution is 2.06. The molecule has 0 spiro atoms. The van der Waals surface area contributed by atoms with E-state index in [1.165, 1.54) is 0 Å². The van der Waals surface area contributed by atoms with Crippen LogP contribution in [0.25, 0.3) is 0 Å². The maximum Gasteiger partial charge on any atom is 0.338 e. The minimum absolute atomic E-state index is 0.384. The van der Waals surface area contributed by atoms with Gasteiger partial charge in [0.1, 0.15) is 0 Å². The number of rotatable bonds is 7. The third-order valence-corrected chi connectivity index (χ3v) is 2.57. The van der Waals surface area contributed by atoms with Crippen molar-refractivity contribution in [2.24, 2.45) is 0 Å². The number of ether oxygens (including phenoxy) is 2. The third kappa shape index (κ3) is 5.46. The fraction of sp³-hybridized carbons (Fsp3) is 0.833. The molecule has 6 nitrogen and oxygen atoms in total. The minimum atomic E-state index is -1.92. The van der Waals surface area contributed by atoms with Crippen molar-refractivity contribution in [2.75, 3.05) is 0 Å². The molecule has 0 rings (SSSR count). The van der Waals surface area contributed by atoms with Gasteiger partial charge < -0.3 is 19.7 Å². The van der Waals surface area contributed by atoms with E-state index in [1.54, 1.807) is 27.7 Å². The highest BCUT2D eigenvalue weighted by molar-refractivity contribution is 5.85. The summed E-state index contributed by atoms with van der Waals surface area (Å²) in [6.45, 7) is 6.90. The van der Waals surface area contributed by atoms with Crippen LogP contribution in [-0.2, 0) is 19.1 Å². The van der Waals surface area contributed by atoms with Crippen molar-refractivity contribution in [3.05, 3.63) is 0 Å². The van der Waals surface area contributed by atoms with Gasteiger partial charge in [-0.3, -0.25) is 0 Å². The second kappa shape index (κ2) is 8.05. The van der Waals surface area contributed by atoms with Gasteiger partial charge in [-0.25, -0.2) is 9.59 Å². The van der Waals surface area contributed by atoms with Crippen molar-refractivity contribution in [1.82, 2.24) is 0 Å². The zero-order valence-electron chi connectivity index (χ0n) is 11.3. The largest absolute Gasteiger partial charge is 0.461 e. The molecule has 0 saturated carbocycles. The first-order valence-electron chi connectivity index (χ1n) is 6.10. The maximum atomic E-state index is 11.4. The molecule has 0 fully saturated rings. The van der Waals surface area contributed by atoms with E-state index in [0.29, 0.717) is 12.8 Å². The molecule has 6 heteroatoms. The molecule has 0 aliphatic rings. The minimum Gasteiger partial charge on any atom is -0.461 e. The van der Waals surface area contributed by atoms with E-state index < -0.39 is 24.1 Å². The Balaban J connectivity index is 4.35. The van der Waals surface area contributed by atoms with Crippen molar-refractivity contribution in [2.45, 2.75) is 65.0 Å². The summed E-state index contributed by atoms with van der Waals surface area (Å²) in [4.78, 5) is 22.7. The van der Waals surface area contributed by atoms with E-state index in [2.05, 4.69) is 0 Å². The molecule has 0 bridgehead atoms. The summed E-state index contributed by atoms with van der Waals surface area (Å²) >= 11 is 0. The normalized spacial score (nSPS) is 17.4. The zero-order chi connectivity index (χ0) is 14.3. The molecule has 0 aromatic rings. The molecule has 0 radical (unpaired) electrons. The molecule has 2 N–H and O–H groups in total. The fourth-order valence-corrected chi connectivity index (χ4v) is 0.960. The van der Waals surface area contributed by atoms with Gasteiger partial charge in [-0.05, 0) is 26.7 Å². The predicted octanol–water partition coefficient (Wildman–Crippen LogP) is 0.392. The Morgan fingerprint density at radius 3 is 1.39 bits per heavy atom. The number of aliphatic hydroxyl groups is 2. The third-order valence-electron chi connectivity index (χ3n) is 2.57. The second-order valence-electron chi connectivity index (χ2n) is 4.20. The van der Waals surface area contributed by atoms with E-state index in [1.807, 2.05) is 0 Å². The Morgan fingerprint density at radius 1 is 0.889 bits per heavy atom. The molecule has 0 heterocycles. The molecule has 0 aromatic carbocycles. The van der Waals surface area contributed by atoms with Crippen LogP contribution in [0.3, 0.4) is 0 Å². The van der Waals surface area contributed by atoms with Gasteiger partial charge in [-0.2, -0.15) is 0 Å². The van der Waals surface area contributed by atoms with Crippen molar-refractivity contribution in [1.29, 1.82) is 0 Å². The van der Waals surface area contributed by atoms with Gasteiger partial charge in [0.15, 0.2) is 12.2 Å². The lowest BCUT2D eigenvalue weighted by Crippen LogP contribution is -2.43. The lowest BCUT2D eigenvalue weighted by atomic mass is 10.2. The van der Waals surface area contributed by atoms with E-state index in [4.69, 9.17) is 9.47 Å². The van der Waals surface area contributed by atoms with Crippen molar-refractivity contribution in [3.8, 4) is 0 Å². The topological polar surface area (TPSA) is 93.1 Å². The van der Waals surface area contributed by atoms with Gasteiger partial charge in [0.25, 0.3) is 0 Å². The number of aliphatic hydroxyl groups excluding tert-OH is 2. The summed E-state index contributed by atoms with van der Waals surface area (Å²) in [5.74, 6) is -2.06. The molecule has 4 atom stereocenters. The fourth-order valence-electron chi connectivity index (χ4n) is 0.960. The highest BCUT2D eigenvalue weighted by Gasteiger charge is 2.34. The number of carbonyl (C=O) groups excluding carboxylic acids is 2. The lowest BCUT2D eigenvalue weighted by molar-refractivity contribution is -0.178. The van der Waals surface area contributed by atoms with Crippen LogP contribution in [0, 0.1) is 0 Å². The summed E-state index contributed by atoms with van der Waals surface area (Å²) in [6.07, 6.45) is -3.46. The lowest BCUT2D eigenvalue weighted by Gasteiger charge is -2.19. The van der Waals surface area contributed by atoms with Gasteiger partial charge in [0, 0.05) is 0 Å². The van der Waals surface area contributed by atoms with Crippen LogP contribution in [0.5, 0.6) is 0 Å². The summed E-state index contributed by atoms with van der Waals surface area (Å²) in [6, 6.07) is 0. The smallest absolute Gasteiger partial charge is 0.338 e. The first-order valence-corrected chi connectivity index (χ1v) is 6.10. The molecule has 106 valence electrons. The van der Waals surface area contributed by atoms with Gasteiger partial charge >= 0.3 is 11.9 Å². The first-order chi connectivity index (χ1) is 8.33. The van der Waals surface area contributed by atoms with E-state index >= 15 is 0 Å². The van der Waals surface area contributed by atoms with Crippen molar-refractivity contribution >= 4 is 11.9 Å². The second-order valence-corrected chi connectivity index (χ2v) is 4.20. The van der Waals surface area contributed by atoms with E-state index in [9.17, 15) is 19.8 Å². The van der Waals surface area contributed by atoms with Crippen LogP contribution in [0.4, 0.5) is 0 Å². The average molecular weight is 262 g/mol. The number of esters is 2.